The van der Waals surface area contributed by atoms with E-state index in [0.717, 1.165) is 39.3 Å². The zero-order chi connectivity index (χ0) is 11.4. The summed E-state index contributed by atoms with van der Waals surface area (Å²) in [6.07, 6.45) is 3.56. The summed E-state index contributed by atoms with van der Waals surface area (Å²) in [6, 6.07) is 0. The quantitative estimate of drug-likeness (QED) is 0.674. The second kappa shape index (κ2) is 5.64. The summed E-state index contributed by atoms with van der Waals surface area (Å²) in [5, 5.41) is 0. The van der Waals surface area contributed by atoms with Crippen LogP contribution in [0.15, 0.2) is 0 Å². The summed E-state index contributed by atoms with van der Waals surface area (Å²) in [7, 11) is 2.16. The molecule has 2 aliphatic heterocycles. The van der Waals surface area contributed by atoms with E-state index in [1.54, 1.807) is 0 Å². The maximum absolute atomic E-state index is 12.0. The number of nitrogens with zero attached hydrogens (tertiary/aromatic N) is 3. The molecule has 2 fully saturated rings. The van der Waals surface area contributed by atoms with Crippen molar-refractivity contribution < 1.29 is 4.79 Å². The van der Waals surface area contributed by atoms with Gasteiger partial charge in [-0.2, -0.15) is 0 Å². The molecule has 0 radical (unpaired) electrons. The Bertz CT molecular complexity index is 238. The normalized spacial score (nSPS) is 24.7. The van der Waals surface area contributed by atoms with E-state index in [1.807, 2.05) is 4.90 Å². The molecule has 0 aromatic carbocycles. The zero-order valence-corrected chi connectivity index (χ0v) is 10.3. The van der Waals surface area contributed by atoms with Crippen molar-refractivity contribution in [3.05, 3.63) is 0 Å². The molecule has 4 nitrogen and oxygen atoms in total. The van der Waals surface area contributed by atoms with Crippen molar-refractivity contribution in [2.24, 2.45) is 0 Å². The van der Waals surface area contributed by atoms with Crippen LogP contribution in [0.2, 0.25) is 0 Å². The molecular weight excluding hydrogens is 202 g/mol. The van der Waals surface area contributed by atoms with Gasteiger partial charge in [0.1, 0.15) is 0 Å². The van der Waals surface area contributed by atoms with Gasteiger partial charge in [0.25, 0.3) is 0 Å². The highest BCUT2D eigenvalue weighted by Gasteiger charge is 2.21. The summed E-state index contributed by atoms with van der Waals surface area (Å²) >= 11 is 0. The number of carbonyl (C=O) groups is 1. The number of carbonyl (C=O) groups excluding carboxylic acids is 1. The predicted octanol–water partition coefficient (Wildman–Crippen LogP) is 0.246. The third-order valence-corrected chi connectivity index (χ3v) is 3.63. The molecule has 0 bridgehead atoms. The van der Waals surface area contributed by atoms with Crippen molar-refractivity contribution in [2.45, 2.75) is 19.3 Å². The van der Waals surface area contributed by atoms with Crippen molar-refractivity contribution in [3.8, 4) is 0 Å². The van der Waals surface area contributed by atoms with E-state index >= 15 is 0 Å². The van der Waals surface area contributed by atoms with Gasteiger partial charge in [0.2, 0.25) is 5.91 Å². The minimum absolute atomic E-state index is 0.335. The van der Waals surface area contributed by atoms with E-state index in [-0.39, 0.29) is 0 Å². The van der Waals surface area contributed by atoms with Crippen LogP contribution < -0.4 is 0 Å². The largest absolute Gasteiger partial charge is 0.342 e. The van der Waals surface area contributed by atoms with Crippen LogP contribution in [-0.4, -0.2) is 73.5 Å². The van der Waals surface area contributed by atoms with Gasteiger partial charge in [-0.25, -0.2) is 0 Å². The lowest BCUT2D eigenvalue weighted by atomic mass is 10.3. The van der Waals surface area contributed by atoms with Crippen molar-refractivity contribution in [1.82, 2.24) is 14.7 Å². The smallest absolute Gasteiger partial charge is 0.236 e. The van der Waals surface area contributed by atoms with Crippen LogP contribution in [0.1, 0.15) is 19.3 Å². The summed E-state index contributed by atoms with van der Waals surface area (Å²) in [5.74, 6) is 0.335. The molecule has 0 spiro atoms. The van der Waals surface area contributed by atoms with E-state index in [0.29, 0.717) is 12.5 Å². The van der Waals surface area contributed by atoms with Crippen LogP contribution in [0.5, 0.6) is 0 Å². The first kappa shape index (κ1) is 11.9. The molecule has 2 rings (SSSR count). The molecule has 1 amide bonds. The third kappa shape index (κ3) is 3.19. The van der Waals surface area contributed by atoms with E-state index < -0.39 is 0 Å². The van der Waals surface area contributed by atoms with E-state index in [1.165, 1.54) is 19.3 Å². The number of likely N-dealkylation sites (N-methyl/N-ethyl adjacent to an activating group) is 1. The molecule has 0 unspecified atom stereocenters. The number of rotatable bonds is 2. The van der Waals surface area contributed by atoms with Gasteiger partial charge in [-0.15, -0.1) is 0 Å². The minimum atomic E-state index is 0.335. The highest BCUT2D eigenvalue weighted by molar-refractivity contribution is 5.78. The highest BCUT2D eigenvalue weighted by Crippen LogP contribution is 2.09. The molecule has 0 N–H and O–H groups in total. The van der Waals surface area contributed by atoms with E-state index in [9.17, 15) is 4.79 Å². The van der Waals surface area contributed by atoms with Crippen molar-refractivity contribution >= 4 is 5.91 Å². The Hall–Kier alpha value is -0.610. The first-order valence-corrected chi connectivity index (χ1v) is 6.44. The van der Waals surface area contributed by atoms with Crippen molar-refractivity contribution in [1.29, 1.82) is 0 Å². The molecule has 2 saturated heterocycles. The van der Waals surface area contributed by atoms with Crippen LogP contribution in [-0.2, 0) is 4.79 Å². The molecule has 0 atom stereocenters. The second-order valence-corrected chi connectivity index (χ2v) is 5.02. The van der Waals surface area contributed by atoms with Crippen LogP contribution in [0.25, 0.3) is 0 Å². The Labute approximate surface area is 98.2 Å². The Balaban J connectivity index is 1.77. The van der Waals surface area contributed by atoms with Gasteiger partial charge in [-0.3, -0.25) is 9.69 Å². The van der Waals surface area contributed by atoms with Gasteiger partial charge in [-0.05, 0) is 39.4 Å². The number of likely N-dealkylation sites (tertiary alicyclic amines) is 1. The van der Waals surface area contributed by atoms with Gasteiger partial charge >= 0.3 is 0 Å². The lowest BCUT2D eigenvalue weighted by molar-refractivity contribution is -0.131. The molecule has 0 aromatic heterocycles. The van der Waals surface area contributed by atoms with Gasteiger partial charge in [0.15, 0.2) is 0 Å². The fourth-order valence-electron chi connectivity index (χ4n) is 2.52. The average molecular weight is 225 g/mol. The van der Waals surface area contributed by atoms with Crippen LogP contribution in [0, 0.1) is 0 Å². The van der Waals surface area contributed by atoms with Crippen LogP contribution >= 0.6 is 0 Å². The zero-order valence-electron chi connectivity index (χ0n) is 10.3. The highest BCUT2D eigenvalue weighted by atomic mass is 16.2. The number of amides is 1. The monoisotopic (exact) mass is 225 g/mol. The number of hydrogen-bond donors (Lipinski definition) is 0. The topological polar surface area (TPSA) is 26.8 Å². The fourth-order valence-corrected chi connectivity index (χ4v) is 2.52. The molecule has 92 valence electrons. The van der Waals surface area contributed by atoms with Crippen LogP contribution in [0.3, 0.4) is 0 Å². The molecule has 2 heterocycles. The van der Waals surface area contributed by atoms with Gasteiger partial charge in [0, 0.05) is 26.2 Å². The Morgan fingerprint density at radius 2 is 1.69 bits per heavy atom. The minimum Gasteiger partial charge on any atom is -0.342 e. The average Bonchev–Trinajstić information content (AvgIpc) is 2.72. The predicted molar refractivity (Wildman–Crippen MR) is 64.4 cm³/mol. The summed E-state index contributed by atoms with van der Waals surface area (Å²) in [4.78, 5) is 18.7. The SMILES string of the molecule is CN1CCCN(CC(=O)N2CCCC2)CC1. The standard InChI is InChI=1S/C12H23N3O/c1-13-5-4-6-14(10-9-13)11-12(16)15-7-2-3-8-15/h2-11H2,1H3. The lowest BCUT2D eigenvalue weighted by Crippen LogP contribution is -2.40. The molecule has 0 aliphatic carbocycles. The first-order valence-electron chi connectivity index (χ1n) is 6.44. The molecule has 0 saturated carbocycles. The van der Waals surface area contributed by atoms with Crippen molar-refractivity contribution in [2.75, 3.05) is 52.9 Å². The molecule has 0 aromatic rings. The van der Waals surface area contributed by atoms with Gasteiger partial charge < -0.3 is 9.80 Å². The lowest BCUT2D eigenvalue weighted by Gasteiger charge is -2.23. The van der Waals surface area contributed by atoms with Crippen molar-refractivity contribution in [3.63, 3.8) is 0 Å². The first-order chi connectivity index (χ1) is 7.75. The van der Waals surface area contributed by atoms with E-state index in [2.05, 4.69) is 16.8 Å². The number of hydrogen-bond acceptors (Lipinski definition) is 3. The Morgan fingerprint density at radius 1 is 0.938 bits per heavy atom. The molecule has 16 heavy (non-hydrogen) atoms. The molecule has 4 heteroatoms. The maximum atomic E-state index is 12.0. The Kier molecular flexibility index (Phi) is 4.18. The summed E-state index contributed by atoms with van der Waals surface area (Å²) in [6.45, 7) is 6.95. The van der Waals surface area contributed by atoms with Crippen LogP contribution in [0.4, 0.5) is 0 Å². The molecule has 2 aliphatic rings. The fraction of sp³-hybridized carbons (Fsp3) is 0.917. The Morgan fingerprint density at radius 3 is 2.44 bits per heavy atom. The van der Waals surface area contributed by atoms with Gasteiger partial charge in [-0.1, -0.05) is 0 Å². The third-order valence-electron chi connectivity index (χ3n) is 3.63. The molecular formula is C12H23N3O. The maximum Gasteiger partial charge on any atom is 0.236 e. The second-order valence-electron chi connectivity index (χ2n) is 5.02. The summed E-state index contributed by atoms with van der Waals surface area (Å²) < 4.78 is 0. The van der Waals surface area contributed by atoms with E-state index in [4.69, 9.17) is 0 Å². The van der Waals surface area contributed by atoms with Gasteiger partial charge in [0.05, 0.1) is 6.54 Å². The summed E-state index contributed by atoms with van der Waals surface area (Å²) in [5.41, 5.74) is 0.